The summed E-state index contributed by atoms with van der Waals surface area (Å²) in [5, 5.41) is 31.1. The van der Waals surface area contributed by atoms with Gasteiger partial charge in [-0.05, 0) is 19.3 Å². The number of amides is 7. The van der Waals surface area contributed by atoms with Crippen molar-refractivity contribution in [1.82, 2.24) is 31.5 Å². The molecule has 1 aliphatic rings. The maximum atomic E-state index is 12.3. The van der Waals surface area contributed by atoms with Gasteiger partial charge in [-0.2, -0.15) is 0 Å². The summed E-state index contributed by atoms with van der Waals surface area (Å²) in [4.78, 5) is 106. The van der Waals surface area contributed by atoms with E-state index in [0.717, 1.165) is 62.0 Å². The summed E-state index contributed by atoms with van der Waals surface area (Å²) in [6.45, 7) is 1.40. The number of unbranched alkanes of at least 4 members (excludes halogenated alkanes) is 13. The lowest BCUT2D eigenvalue weighted by molar-refractivity contribution is -0.142. The molecule has 1 aliphatic heterocycles. The molecule has 1 rings (SSSR count). The van der Waals surface area contributed by atoms with Crippen molar-refractivity contribution in [3.8, 4) is 0 Å². The predicted octanol–water partition coefficient (Wildman–Crippen LogP) is 1.51. The molecule has 0 saturated heterocycles. The van der Waals surface area contributed by atoms with E-state index in [1.54, 1.807) is 0 Å². The lowest BCUT2D eigenvalue weighted by Crippen LogP contribution is -2.41. The molecule has 65 heavy (non-hydrogen) atoms. The summed E-state index contributed by atoms with van der Waals surface area (Å²) in [6.07, 6.45) is 17.6. The molecule has 0 aromatic rings. The Morgan fingerprint density at radius 3 is 1.34 bits per heavy atom. The summed E-state index contributed by atoms with van der Waals surface area (Å²) in [7, 11) is 0. The van der Waals surface area contributed by atoms with E-state index >= 15 is 0 Å². The predicted molar refractivity (Wildman–Crippen MR) is 236 cm³/mol. The van der Waals surface area contributed by atoms with Crippen molar-refractivity contribution in [2.75, 3.05) is 85.6 Å². The van der Waals surface area contributed by atoms with Gasteiger partial charge in [-0.1, -0.05) is 77.0 Å². The van der Waals surface area contributed by atoms with Crippen molar-refractivity contribution >= 4 is 53.3 Å². The molecule has 1 heterocycles. The van der Waals surface area contributed by atoms with Crippen molar-refractivity contribution < 1.29 is 72.3 Å². The summed E-state index contributed by atoms with van der Waals surface area (Å²) >= 11 is 0. The number of carbonyl (C=O) groups is 9. The summed E-state index contributed by atoms with van der Waals surface area (Å²) in [5.41, 5.74) is 0. The monoisotopic (exact) mass is 927 g/mol. The maximum Gasteiger partial charge on any atom is 0.326 e. The average Bonchev–Trinajstić information content (AvgIpc) is 3.59. The number of carboxylic acid groups (broad SMARTS) is 2. The van der Waals surface area contributed by atoms with Crippen LogP contribution in [0.5, 0.6) is 0 Å². The van der Waals surface area contributed by atoms with Gasteiger partial charge in [0.15, 0.2) is 0 Å². The van der Waals surface area contributed by atoms with Crippen molar-refractivity contribution in [1.29, 1.82) is 0 Å². The summed E-state index contributed by atoms with van der Waals surface area (Å²) in [5.74, 6) is -4.63. The number of carboxylic acids is 2. The molecular formula is C44H74N6O15. The minimum atomic E-state index is -1.19. The van der Waals surface area contributed by atoms with E-state index < -0.39 is 29.8 Å². The molecule has 0 aromatic carbocycles. The molecule has 1 atom stereocenters. The largest absolute Gasteiger partial charge is 0.481 e. The van der Waals surface area contributed by atoms with Crippen LogP contribution in [-0.4, -0.2) is 160 Å². The maximum absolute atomic E-state index is 12.3. The minimum absolute atomic E-state index is 0.0214. The van der Waals surface area contributed by atoms with Gasteiger partial charge in [0.1, 0.15) is 19.3 Å². The molecule has 0 spiro atoms. The smallest absolute Gasteiger partial charge is 0.326 e. The van der Waals surface area contributed by atoms with Crippen molar-refractivity contribution in [3.05, 3.63) is 12.2 Å². The highest BCUT2D eigenvalue weighted by Crippen LogP contribution is 2.14. The van der Waals surface area contributed by atoms with Crippen molar-refractivity contribution in [2.45, 2.75) is 128 Å². The molecular weight excluding hydrogens is 853 g/mol. The molecule has 0 aliphatic carbocycles. The zero-order valence-corrected chi connectivity index (χ0v) is 38.0. The standard InChI is InChI=1S/C44H74N6O15/c51-36(18-17-35(44(60)61)49-38(53)15-13-11-9-7-5-3-1-2-4-6-8-10-12-14-16-43(58)59)47-24-27-62-29-32-65-34-40(55)48-25-28-63-30-31-64-33-39(54)46-23-22-45-37(52)21-26-50-41(56)19-20-42(50)57/h19-20,35H,1-18,21-34H2,(H,45,52)(H,46,54)(H,47,51)(H,48,55)(H,49,53)(H,58,59)(H,60,61)/t35-/m0/s1. The van der Waals surface area contributed by atoms with Gasteiger partial charge in [0.25, 0.3) is 11.8 Å². The van der Waals surface area contributed by atoms with Crippen LogP contribution in [0.15, 0.2) is 12.2 Å². The van der Waals surface area contributed by atoms with E-state index in [0.29, 0.717) is 6.42 Å². The van der Waals surface area contributed by atoms with Crippen LogP contribution in [0.4, 0.5) is 0 Å². The van der Waals surface area contributed by atoms with Crippen molar-refractivity contribution in [2.24, 2.45) is 0 Å². The topological polar surface area (TPSA) is 294 Å². The SMILES string of the molecule is O=C(O)CCCCCCCCCCCCCCCCC(=O)N[C@@H](CCC(=O)NCCOCCOCC(=O)NCCOCCOCC(=O)NCCNC(=O)CCN1C(=O)C=CC1=O)C(=O)O. The second-order valence-electron chi connectivity index (χ2n) is 15.5. The van der Waals surface area contributed by atoms with Gasteiger partial charge in [-0.25, -0.2) is 4.79 Å². The fourth-order valence-corrected chi connectivity index (χ4v) is 6.32. The van der Waals surface area contributed by atoms with Crippen molar-refractivity contribution in [3.63, 3.8) is 0 Å². The van der Waals surface area contributed by atoms with Gasteiger partial charge >= 0.3 is 11.9 Å². The third kappa shape index (κ3) is 35.0. The summed E-state index contributed by atoms with van der Waals surface area (Å²) in [6, 6.07) is -1.15. The first-order chi connectivity index (χ1) is 31.4. The van der Waals surface area contributed by atoms with Gasteiger partial charge < -0.3 is 55.7 Å². The Kier molecular flexibility index (Phi) is 35.2. The van der Waals surface area contributed by atoms with E-state index in [-0.39, 0.29) is 147 Å². The van der Waals surface area contributed by atoms with Gasteiger partial charge in [-0.15, -0.1) is 0 Å². The molecule has 7 amide bonds. The Morgan fingerprint density at radius 2 is 0.862 bits per heavy atom. The second kappa shape index (κ2) is 39.4. The fourth-order valence-electron chi connectivity index (χ4n) is 6.32. The van der Waals surface area contributed by atoms with E-state index in [4.69, 9.17) is 24.1 Å². The molecule has 0 aromatic heterocycles. The van der Waals surface area contributed by atoms with Crippen LogP contribution in [0, 0.1) is 0 Å². The number of nitrogens with zero attached hydrogens (tertiary/aromatic N) is 1. The summed E-state index contributed by atoms with van der Waals surface area (Å²) < 4.78 is 21.2. The first kappa shape index (κ1) is 58.0. The van der Waals surface area contributed by atoms with E-state index in [9.17, 15) is 48.3 Å². The number of imide groups is 1. The normalized spacial score (nSPS) is 12.5. The Morgan fingerprint density at radius 1 is 0.462 bits per heavy atom. The molecule has 0 radical (unpaired) electrons. The number of hydrogen-bond acceptors (Lipinski definition) is 13. The van der Waals surface area contributed by atoms with Crippen LogP contribution in [0.25, 0.3) is 0 Å². The lowest BCUT2D eigenvalue weighted by Gasteiger charge is -2.14. The molecule has 21 heteroatoms. The molecule has 7 N–H and O–H groups in total. The van der Waals surface area contributed by atoms with Gasteiger partial charge in [0, 0.05) is 70.6 Å². The van der Waals surface area contributed by atoms with E-state index in [1.807, 2.05) is 0 Å². The van der Waals surface area contributed by atoms with Crippen LogP contribution in [0.2, 0.25) is 0 Å². The highest BCUT2D eigenvalue weighted by Gasteiger charge is 2.24. The molecule has 0 saturated carbocycles. The van der Waals surface area contributed by atoms with Gasteiger partial charge in [0.2, 0.25) is 29.5 Å². The zero-order valence-electron chi connectivity index (χ0n) is 38.0. The first-order valence-corrected chi connectivity index (χ1v) is 23.0. The van der Waals surface area contributed by atoms with Crippen LogP contribution < -0.4 is 26.6 Å². The quantitative estimate of drug-likeness (QED) is 0.0337. The van der Waals surface area contributed by atoms with Crippen LogP contribution in [-0.2, 0) is 62.1 Å². The number of carbonyl (C=O) groups excluding carboxylic acids is 7. The highest BCUT2D eigenvalue weighted by atomic mass is 16.5. The Hall–Kier alpha value is -4.99. The lowest BCUT2D eigenvalue weighted by atomic mass is 10.0. The van der Waals surface area contributed by atoms with E-state index in [2.05, 4.69) is 26.6 Å². The van der Waals surface area contributed by atoms with Crippen LogP contribution in [0.3, 0.4) is 0 Å². The zero-order chi connectivity index (χ0) is 47.8. The van der Waals surface area contributed by atoms with Crippen LogP contribution >= 0.6 is 0 Å². The Bertz CT molecular complexity index is 1450. The molecule has 370 valence electrons. The Balaban J connectivity index is 1.89. The molecule has 21 nitrogen and oxygen atoms in total. The number of aliphatic carboxylic acids is 2. The highest BCUT2D eigenvalue weighted by molar-refractivity contribution is 6.13. The second-order valence-corrected chi connectivity index (χ2v) is 15.5. The van der Waals surface area contributed by atoms with Crippen LogP contribution in [0.1, 0.15) is 122 Å². The number of ether oxygens (including phenoxy) is 4. The minimum Gasteiger partial charge on any atom is -0.481 e. The van der Waals surface area contributed by atoms with E-state index in [1.165, 1.54) is 38.5 Å². The third-order valence-electron chi connectivity index (χ3n) is 9.92. The molecule has 0 fully saturated rings. The molecule has 0 bridgehead atoms. The average molecular weight is 927 g/mol. The fraction of sp³-hybridized carbons (Fsp3) is 0.750. The van der Waals surface area contributed by atoms with Gasteiger partial charge in [-0.3, -0.25) is 43.3 Å². The Labute approximate surface area is 382 Å². The first-order valence-electron chi connectivity index (χ1n) is 23.0. The third-order valence-corrected chi connectivity index (χ3v) is 9.92. The van der Waals surface area contributed by atoms with Gasteiger partial charge in [0.05, 0.1) is 39.6 Å². The number of hydrogen-bond donors (Lipinski definition) is 7. The molecule has 0 unspecified atom stereocenters. The number of nitrogens with one attached hydrogen (secondary N) is 5. The number of rotatable bonds is 44.